The lowest BCUT2D eigenvalue weighted by atomic mass is 9.93. The number of aromatic nitrogens is 2. The highest BCUT2D eigenvalue weighted by molar-refractivity contribution is 7.07. The number of thiazole rings is 1. The molecule has 2 aromatic heterocycles. The number of rotatable bonds is 8. The van der Waals surface area contributed by atoms with Gasteiger partial charge in [0.1, 0.15) is 5.75 Å². The lowest BCUT2D eigenvalue weighted by Crippen LogP contribution is -2.40. The number of esters is 1. The molecule has 0 fully saturated rings. The highest BCUT2D eigenvalue weighted by atomic mass is 32.1. The summed E-state index contributed by atoms with van der Waals surface area (Å²) >= 11 is 1.31. The number of carbonyl (C=O) groups excluding carboxylic acids is 1. The van der Waals surface area contributed by atoms with Crippen molar-refractivity contribution in [2.75, 3.05) is 13.7 Å². The summed E-state index contributed by atoms with van der Waals surface area (Å²) in [5.41, 5.74) is 4.07. The van der Waals surface area contributed by atoms with E-state index < -0.39 is 12.0 Å². The van der Waals surface area contributed by atoms with Gasteiger partial charge in [-0.2, -0.15) is 0 Å². The normalized spacial score (nSPS) is 14.9. The fraction of sp³-hybridized carbons (Fsp3) is 0.147. The summed E-state index contributed by atoms with van der Waals surface area (Å²) in [4.78, 5) is 33.3. The first-order valence-electron chi connectivity index (χ1n) is 13.6. The largest absolute Gasteiger partial charge is 0.497 e. The zero-order chi connectivity index (χ0) is 29.2. The van der Waals surface area contributed by atoms with Crippen molar-refractivity contribution in [2.24, 2.45) is 4.99 Å². The smallest absolute Gasteiger partial charge is 0.338 e. The SMILES string of the molecule is C=CCn1cc(/C=c2/sc3n(c2=O)C(c2ccc(OC)cc2)C(C(=O)OCC)=C(c2ccccc2)N=3)c2ccccc21. The number of ether oxygens (including phenoxy) is 2. The zero-order valence-corrected chi connectivity index (χ0v) is 24.1. The third-order valence-corrected chi connectivity index (χ3v) is 8.22. The molecule has 3 aromatic carbocycles. The van der Waals surface area contributed by atoms with E-state index in [4.69, 9.17) is 14.5 Å². The molecular formula is C34H29N3O4S. The van der Waals surface area contributed by atoms with Gasteiger partial charge >= 0.3 is 5.97 Å². The van der Waals surface area contributed by atoms with Gasteiger partial charge in [0.25, 0.3) is 5.56 Å². The van der Waals surface area contributed by atoms with Crippen LogP contribution in [0.4, 0.5) is 0 Å². The van der Waals surface area contributed by atoms with Crippen LogP contribution in [-0.4, -0.2) is 28.8 Å². The van der Waals surface area contributed by atoms with E-state index in [2.05, 4.69) is 17.2 Å². The maximum Gasteiger partial charge on any atom is 0.338 e. The first-order valence-corrected chi connectivity index (χ1v) is 14.5. The van der Waals surface area contributed by atoms with Crippen molar-refractivity contribution in [3.63, 3.8) is 0 Å². The Bertz CT molecular complexity index is 2020. The molecule has 42 heavy (non-hydrogen) atoms. The van der Waals surface area contributed by atoms with Crippen molar-refractivity contribution < 1.29 is 14.3 Å². The summed E-state index contributed by atoms with van der Waals surface area (Å²) in [7, 11) is 1.60. The Morgan fingerprint density at radius 2 is 1.79 bits per heavy atom. The predicted molar refractivity (Wildman–Crippen MR) is 166 cm³/mol. The molecule has 6 rings (SSSR count). The Kier molecular flexibility index (Phi) is 7.46. The monoisotopic (exact) mass is 575 g/mol. The third-order valence-electron chi connectivity index (χ3n) is 7.24. The van der Waals surface area contributed by atoms with Crippen LogP contribution in [0, 0.1) is 0 Å². The zero-order valence-electron chi connectivity index (χ0n) is 23.3. The van der Waals surface area contributed by atoms with E-state index in [1.807, 2.05) is 91.1 Å². The highest BCUT2D eigenvalue weighted by Crippen LogP contribution is 2.35. The quantitative estimate of drug-likeness (QED) is 0.191. The van der Waals surface area contributed by atoms with Gasteiger partial charge in [-0.3, -0.25) is 9.36 Å². The van der Waals surface area contributed by atoms with Crippen molar-refractivity contribution in [3.8, 4) is 5.75 Å². The number of hydrogen-bond acceptors (Lipinski definition) is 6. The second kappa shape index (κ2) is 11.5. The number of benzene rings is 3. The Morgan fingerprint density at radius 3 is 2.50 bits per heavy atom. The average Bonchev–Trinajstić information content (AvgIpc) is 3.53. The van der Waals surface area contributed by atoms with Crippen LogP contribution in [0.3, 0.4) is 0 Å². The van der Waals surface area contributed by atoms with Gasteiger partial charge in [0.2, 0.25) is 0 Å². The number of para-hydroxylation sites is 1. The molecule has 1 aliphatic heterocycles. The predicted octanol–water partition coefficient (Wildman–Crippen LogP) is 5.08. The first-order chi connectivity index (χ1) is 20.5. The lowest BCUT2D eigenvalue weighted by molar-refractivity contribution is -0.138. The van der Waals surface area contributed by atoms with Crippen LogP contribution >= 0.6 is 11.3 Å². The van der Waals surface area contributed by atoms with Gasteiger partial charge in [-0.25, -0.2) is 9.79 Å². The minimum atomic E-state index is -0.745. The van der Waals surface area contributed by atoms with Crippen LogP contribution < -0.4 is 19.6 Å². The second-order valence-electron chi connectivity index (χ2n) is 9.75. The first kappa shape index (κ1) is 27.2. The molecule has 3 heterocycles. The van der Waals surface area contributed by atoms with E-state index in [1.165, 1.54) is 11.3 Å². The van der Waals surface area contributed by atoms with Gasteiger partial charge in [-0.1, -0.05) is 78.1 Å². The fourth-order valence-corrected chi connectivity index (χ4v) is 6.36. The van der Waals surface area contributed by atoms with Gasteiger partial charge in [-0.05, 0) is 36.8 Å². The molecule has 1 aliphatic rings. The minimum absolute atomic E-state index is 0.193. The molecule has 8 heteroatoms. The number of hydrogen-bond donors (Lipinski definition) is 0. The van der Waals surface area contributed by atoms with Crippen molar-refractivity contribution in [1.29, 1.82) is 0 Å². The van der Waals surface area contributed by atoms with Crippen LogP contribution in [0.15, 0.2) is 113 Å². The minimum Gasteiger partial charge on any atom is -0.497 e. The molecule has 1 atom stereocenters. The van der Waals surface area contributed by atoms with E-state index in [-0.39, 0.29) is 12.2 Å². The summed E-state index contributed by atoms with van der Waals surface area (Å²) < 4.78 is 15.2. The van der Waals surface area contributed by atoms with Crippen molar-refractivity contribution in [1.82, 2.24) is 9.13 Å². The number of nitrogens with zero attached hydrogens (tertiary/aromatic N) is 3. The maximum atomic E-state index is 14.2. The number of allylic oxidation sites excluding steroid dienone is 1. The van der Waals surface area contributed by atoms with Crippen LogP contribution in [0.5, 0.6) is 5.75 Å². The number of carbonyl (C=O) groups is 1. The van der Waals surface area contributed by atoms with Gasteiger partial charge in [-0.15, -0.1) is 6.58 Å². The summed E-state index contributed by atoms with van der Waals surface area (Å²) in [6.45, 7) is 6.49. The molecule has 0 saturated heterocycles. The Labute approximate surface area is 246 Å². The topological polar surface area (TPSA) is 74.8 Å². The number of methoxy groups -OCH3 is 1. The van der Waals surface area contributed by atoms with Crippen LogP contribution in [0.2, 0.25) is 0 Å². The molecule has 0 saturated carbocycles. The van der Waals surface area contributed by atoms with E-state index >= 15 is 0 Å². The molecule has 7 nitrogen and oxygen atoms in total. The molecule has 0 bridgehead atoms. The van der Waals surface area contributed by atoms with E-state index in [1.54, 1.807) is 18.6 Å². The maximum absolute atomic E-state index is 14.2. The molecule has 0 spiro atoms. The standard InChI is InChI=1S/C34H29N3O4S/c1-4-19-36-21-24(26-13-9-10-14-27(26)36)20-28-32(38)37-31(23-15-17-25(40-3)18-16-23)29(33(39)41-5-2)30(35-34(37)42-28)22-11-7-6-8-12-22/h4,6-18,20-21,31H,1,5,19H2,2-3H3/b28-20+. The number of fused-ring (bicyclic) bond motifs is 2. The third kappa shape index (κ3) is 4.80. The summed E-state index contributed by atoms with van der Waals surface area (Å²) in [6, 6.07) is 24.3. The Balaban J connectivity index is 1.64. The Morgan fingerprint density at radius 1 is 1.05 bits per heavy atom. The van der Waals surface area contributed by atoms with E-state index in [0.29, 0.717) is 32.9 Å². The van der Waals surface area contributed by atoms with Crippen molar-refractivity contribution in [2.45, 2.75) is 19.5 Å². The van der Waals surface area contributed by atoms with Gasteiger partial charge in [0.05, 0.1) is 35.6 Å². The summed E-state index contributed by atoms with van der Waals surface area (Å²) in [5, 5.41) is 1.04. The van der Waals surface area contributed by atoms with Crippen LogP contribution in [-0.2, 0) is 16.1 Å². The lowest BCUT2D eigenvalue weighted by Gasteiger charge is -2.26. The van der Waals surface area contributed by atoms with Crippen LogP contribution in [0.25, 0.3) is 22.7 Å². The molecule has 0 amide bonds. The average molecular weight is 576 g/mol. The molecular weight excluding hydrogens is 546 g/mol. The van der Waals surface area contributed by atoms with Crippen molar-refractivity contribution >= 4 is 40.0 Å². The second-order valence-corrected chi connectivity index (χ2v) is 10.8. The van der Waals surface area contributed by atoms with Crippen molar-refractivity contribution in [3.05, 3.63) is 140 Å². The molecule has 0 aliphatic carbocycles. The van der Waals surface area contributed by atoms with E-state index in [9.17, 15) is 9.59 Å². The molecule has 210 valence electrons. The molecule has 0 radical (unpaired) electrons. The van der Waals surface area contributed by atoms with Crippen LogP contribution in [0.1, 0.15) is 29.7 Å². The van der Waals surface area contributed by atoms with Gasteiger partial charge in [0.15, 0.2) is 4.80 Å². The highest BCUT2D eigenvalue weighted by Gasteiger charge is 2.35. The van der Waals surface area contributed by atoms with Gasteiger partial charge < -0.3 is 14.0 Å². The van der Waals surface area contributed by atoms with E-state index in [0.717, 1.165) is 27.6 Å². The summed E-state index contributed by atoms with van der Waals surface area (Å²) in [5.74, 6) is 0.162. The van der Waals surface area contributed by atoms with Gasteiger partial charge in [0, 0.05) is 34.8 Å². The molecule has 0 N–H and O–H groups in total. The summed E-state index contributed by atoms with van der Waals surface area (Å²) in [6.07, 6.45) is 5.79. The molecule has 5 aromatic rings. The Hall–Kier alpha value is -4.95. The molecule has 1 unspecified atom stereocenters. The fourth-order valence-electron chi connectivity index (χ4n) is 5.36.